The van der Waals surface area contributed by atoms with Crippen LogP contribution in [0.4, 0.5) is 4.39 Å². The van der Waals surface area contributed by atoms with Gasteiger partial charge in [0, 0.05) is 6.20 Å². The maximum atomic E-state index is 13.6. The van der Waals surface area contributed by atoms with Crippen LogP contribution in [0.25, 0.3) is 0 Å². The Bertz CT molecular complexity index is 1180. The quantitative estimate of drug-likeness (QED) is 0.308. The highest BCUT2D eigenvalue weighted by molar-refractivity contribution is 6.30. The molecule has 2 aromatic carbocycles. The van der Waals surface area contributed by atoms with Crippen molar-refractivity contribution in [1.82, 2.24) is 4.98 Å². The van der Waals surface area contributed by atoms with Crippen molar-refractivity contribution in [2.75, 3.05) is 6.61 Å². The van der Waals surface area contributed by atoms with E-state index in [-0.39, 0.29) is 17.5 Å². The molecule has 10 heteroatoms. The largest absolute Gasteiger partial charge is 0.479 e. The van der Waals surface area contributed by atoms with Crippen molar-refractivity contribution < 1.29 is 38.0 Å². The number of carbonyl (C=O) groups is 2. The third-order valence-electron chi connectivity index (χ3n) is 4.16. The van der Waals surface area contributed by atoms with E-state index in [4.69, 9.17) is 42.1 Å². The number of benzene rings is 2. The van der Waals surface area contributed by atoms with Gasteiger partial charge in [-0.1, -0.05) is 35.7 Å². The summed E-state index contributed by atoms with van der Waals surface area (Å²) in [4.78, 5) is 25.7. The van der Waals surface area contributed by atoms with Gasteiger partial charge < -0.3 is 24.1 Å². The lowest BCUT2D eigenvalue weighted by Gasteiger charge is -2.13. The van der Waals surface area contributed by atoms with E-state index in [9.17, 15) is 14.0 Å². The molecular weight excluding hydrogens is 493 g/mol. The second-order valence-electron chi connectivity index (χ2n) is 7.00. The fraction of sp³-hybridized carbons (Fsp3) is 0.192. The van der Waals surface area contributed by atoms with E-state index in [2.05, 4.69) is 10.9 Å². The summed E-state index contributed by atoms with van der Waals surface area (Å²) < 4.78 is 34.2. The Morgan fingerprint density at radius 3 is 2.19 bits per heavy atom. The average Bonchev–Trinajstić information content (AvgIpc) is 2.86. The molecule has 1 heterocycles. The molecule has 0 aliphatic carbocycles. The Balaban J connectivity index is 0.000000319. The van der Waals surface area contributed by atoms with Gasteiger partial charge in [0.1, 0.15) is 17.2 Å². The predicted octanol–water partition coefficient (Wildman–Crippen LogP) is 5.15. The van der Waals surface area contributed by atoms with E-state index < -0.39 is 30.0 Å². The first-order valence-electron chi connectivity index (χ1n) is 10.5. The molecule has 0 saturated carbocycles. The summed E-state index contributed by atoms with van der Waals surface area (Å²) in [5, 5.41) is 8.69. The molecule has 0 aliphatic rings. The molecular formula is C26H23ClFNO7. The third-order valence-corrected chi connectivity index (χ3v) is 4.37. The van der Waals surface area contributed by atoms with E-state index in [1.165, 1.54) is 20.0 Å². The summed E-state index contributed by atoms with van der Waals surface area (Å²) >= 11 is 5.62. The summed E-state index contributed by atoms with van der Waals surface area (Å²) in [7, 11) is 0. The number of aliphatic carboxylic acids is 1. The first kappa shape index (κ1) is 28.0. The van der Waals surface area contributed by atoms with Gasteiger partial charge in [0.15, 0.2) is 24.6 Å². The van der Waals surface area contributed by atoms with Crippen LogP contribution in [0.15, 0.2) is 66.9 Å². The zero-order valence-corrected chi connectivity index (χ0v) is 20.1. The number of para-hydroxylation sites is 1. The fourth-order valence-electron chi connectivity index (χ4n) is 2.41. The van der Waals surface area contributed by atoms with Crippen molar-refractivity contribution in [3.8, 4) is 35.5 Å². The zero-order valence-electron chi connectivity index (χ0n) is 19.4. The molecule has 0 saturated heterocycles. The van der Waals surface area contributed by atoms with Gasteiger partial charge in [0.05, 0.1) is 5.02 Å². The zero-order chi connectivity index (χ0) is 26.5. The number of pyridine rings is 1. The van der Waals surface area contributed by atoms with E-state index in [0.717, 1.165) is 6.07 Å². The van der Waals surface area contributed by atoms with Crippen molar-refractivity contribution in [2.45, 2.75) is 26.1 Å². The number of rotatable bonds is 9. The number of carbonyl (C=O) groups excluding carboxylic acids is 1. The van der Waals surface area contributed by atoms with Crippen LogP contribution in [-0.2, 0) is 14.3 Å². The van der Waals surface area contributed by atoms with Gasteiger partial charge in [-0.25, -0.2) is 19.0 Å². The molecule has 3 aromatic rings. The van der Waals surface area contributed by atoms with Gasteiger partial charge in [0.2, 0.25) is 0 Å². The van der Waals surface area contributed by atoms with Crippen LogP contribution in [0.2, 0.25) is 5.02 Å². The summed E-state index contributed by atoms with van der Waals surface area (Å²) in [5.41, 5.74) is 0. The molecule has 188 valence electrons. The van der Waals surface area contributed by atoms with Crippen molar-refractivity contribution in [3.05, 3.63) is 77.7 Å². The van der Waals surface area contributed by atoms with Crippen LogP contribution < -0.4 is 14.2 Å². The minimum atomic E-state index is -0.959. The Kier molecular flexibility index (Phi) is 11.0. The van der Waals surface area contributed by atoms with Crippen molar-refractivity contribution in [2.24, 2.45) is 0 Å². The Hall–Kier alpha value is -4.29. The van der Waals surface area contributed by atoms with Gasteiger partial charge in [-0.15, -0.1) is 6.42 Å². The molecule has 0 aliphatic heterocycles. The second-order valence-corrected chi connectivity index (χ2v) is 7.43. The molecule has 0 spiro atoms. The van der Waals surface area contributed by atoms with Crippen LogP contribution in [0.1, 0.15) is 13.8 Å². The fourth-order valence-corrected chi connectivity index (χ4v) is 2.56. The van der Waals surface area contributed by atoms with Crippen LogP contribution >= 0.6 is 11.6 Å². The molecule has 3 rings (SSSR count). The molecule has 0 radical (unpaired) electrons. The molecule has 0 fully saturated rings. The minimum Gasteiger partial charge on any atom is -0.479 e. The van der Waals surface area contributed by atoms with E-state index in [1.807, 2.05) is 6.07 Å². The summed E-state index contributed by atoms with van der Waals surface area (Å²) in [6.07, 6.45) is 4.67. The van der Waals surface area contributed by atoms with Crippen molar-refractivity contribution in [1.29, 1.82) is 0 Å². The molecule has 1 N–H and O–H groups in total. The third kappa shape index (κ3) is 9.52. The standard InChI is InChI=1S/C17H13ClFNO4.C9H10O3/c1-3-8-22-17(21)11(2)23-13-4-6-14(7-5-13)24-16-15(19)9-12(18)10-20-16;1-7(9(10)11)12-8-5-3-2-4-6-8/h1,4-7,9-11H,8H2,2H3;2-7H,1H3,(H,10,11)/t11-;/m1./s1. The first-order chi connectivity index (χ1) is 17.2. The number of terminal acetylenes is 1. The van der Waals surface area contributed by atoms with Crippen molar-refractivity contribution >= 4 is 23.5 Å². The maximum absolute atomic E-state index is 13.6. The topological polar surface area (TPSA) is 104 Å². The van der Waals surface area contributed by atoms with Crippen molar-refractivity contribution in [3.63, 3.8) is 0 Å². The second kappa shape index (κ2) is 14.2. The Morgan fingerprint density at radius 2 is 1.61 bits per heavy atom. The lowest BCUT2D eigenvalue weighted by molar-refractivity contribution is -0.149. The number of nitrogens with zero attached hydrogens (tertiary/aromatic N) is 1. The first-order valence-corrected chi connectivity index (χ1v) is 10.9. The molecule has 8 nitrogen and oxygen atoms in total. The summed E-state index contributed by atoms with van der Waals surface area (Å²) in [6, 6.07) is 16.2. The smallest absolute Gasteiger partial charge is 0.347 e. The monoisotopic (exact) mass is 515 g/mol. The lowest BCUT2D eigenvalue weighted by Crippen LogP contribution is -2.26. The number of aromatic nitrogens is 1. The molecule has 1 unspecified atom stereocenters. The van der Waals surface area contributed by atoms with Crippen LogP contribution in [0.3, 0.4) is 0 Å². The number of esters is 1. The Labute approximate surface area is 212 Å². The van der Waals surface area contributed by atoms with Gasteiger partial charge in [-0.2, -0.15) is 0 Å². The van der Waals surface area contributed by atoms with E-state index in [1.54, 1.807) is 48.5 Å². The van der Waals surface area contributed by atoms with Gasteiger partial charge in [0.25, 0.3) is 5.88 Å². The average molecular weight is 516 g/mol. The SMILES string of the molecule is C#CCOC(=O)[C@@H](C)Oc1ccc(Oc2ncc(Cl)cc2F)cc1.CC(Oc1ccccc1)C(=O)O. The van der Waals surface area contributed by atoms with Gasteiger partial charge in [-0.05, 0) is 56.3 Å². The summed E-state index contributed by atoms with van der Waals surface area (Å²) in [5.74, 6) is 1.14. The number of hydrogen-bond donors (Lipinski definition) is 1. The highest BCUT2D eigenvalue weighted by Crippen LogP contribution is 2.26. The van der Waals surface area contributed by atoms with Crippen LogP contribution in [0, 0.1) is 18.2 Å². The normalized spacial score (nSPS) is 11.5. The minimum absolute atomic E-state index is 0.112. The summed E-state index contributed by atoms with van der Waals surface area (Å²) in [6.45, 7) is 2.92. The molecule has 1 aromatic heterocycles. The van der Waals surface area contributed by atoms with E-state index in [0.29, 0.717) is 17.2 Å². The lowest BCUT2D eigenvalue weighted by atomic mass is 10.3. The highest BCUT2D eigenvalue weighted by Gasteiger charge is 2.16. The molecule has 2 atom stereocenters. The van der Waals surface area contributed by atoms with Crippen LogP contribution in [-0.4, -0.2) is 40.8 Å². The molecule has 0 bridgehead atoms. The predicted molar refractivity (Wildman–Crippen MR) is 130 cm³/mol. The molecule has 36 heavy (non-hydrogen) atoms. The number of carboxylic acid groups (broad SMARTS) is 1. The van der Waals surface area contributed by atoms with Gasteiger partial charge >= 0.3 is 11.9 Å². The number of ether oxygens (including phenoxy) is 4. The number of halogens is 2. The molecule has 0 amide bonds. The Morgan fingerprint density at radius 1 is 1.03 bits per heavy atom. The number of carboxylic acids is 1. The highest BCUT2D eigenvalue weighted by atomic mass is 35.5. The maximum Gasteiger partial charge on any atom is 0.347 e. The number of hydrogen-bond acceptors (Lipinski definition) is 7. The van der Waals surface area contributed by atoms with E-state index >= 15 is 0 Å². The van der Waals surface area contributed by atoms with Crippen LogP contribution in [0.5, 0.6) is 23.1 Å². The van der Waals surface area contributed by atoms with Gasteiger partial charge in [-0.3, -0.25) is 0 Å².